The van der Waals surface area contributed by atoms with Gasteiger partial charge in [-0.15, -0.1) is 0 Å². The minimum absolute atomic E-state index is 0.0356. The molecule has 2 aromatic carbocycles. The zero-order chi connectivity index (χ0) is 15.5. The fourth-order valence-corrected chi connectivity index (χ4v) is 1.85. The molecule has 0 saturated carbocycles. The van der Waals surface area contributed by atoms with Crippen LogP contribution in [0.4, 0.5) is 17.6 Å². The van der Waals surface area contributed by atoms with Gasteiger partial charge in [-0.1, -0.05) is 12.1 Å². The van der Waals surface area contributed by atoms with Gasteiger partial charge in [0.1, 0.15) is 18.2 Å². The molecule has 21 heavy (non-hydrogen) atoms. The topological polar surface area (TPSA) is 35.2 Å². The lowest BCUT2D eigenvalue weighted by atomic mass is 10.1. The van der Waals surface area contributed by atoms with Crippen LogP contribution in [0.1, 0.15) is 16.7 Å². The van der Waals surface area contributed by atoms with Gasteiger partial charge in [0.25, 0.3) is 0 Å². The fraction of sp³-hybridized carbons (Fsp3) is 0.200. The lowest BCUT2D eigenvalue weighted by Gasteiger charge is -2.11. The molecule has 2 nitrogen and oxygen atoms in total. The minimum Gasteiger partial charge on any atom is -0.489 e. The molecule has 0 aromatic heterocycles. The summed E-state index contributed by atoms with van der Waals surface area (Å²) in [5, 5.41) is 0. The highest BCUT2D eigenvalue weighted by atomic mass is 19.4. The smallest absolute Gasteiger partial charge is 0.416 e. The molecule has 0 saturated heterocycles. The van der Waals surface area contributed by atoms with Gasteiger partial charge in [-0.05, 0) is 41.5 Å². The van der Waals surface area contributed by atoms with E-state index in [2.05, 4.69) is 0 Å². The van der Waals surface area contributed by atoms with Crippen LogP contribution in [-0.2, 0) is 19.3 Å². The molecule has 2 aromatic rings. The number of halogens is 4. The third-order valence-electron chi connectivity index (χ3n) is 2.82. The summed E-state index contributed by atoms with van der Waals surface area (Å²) >= 11 is 0. The summed E-state index contributed by atoms with van der Waals surface area (Å²) in [6.07, 6.45) is -4.43. The van der Waals surface area contributed by atoms with Crippen LogP contribution >= 0.6 is 0 Å². The van der Waals surface area contributed by atoms with E-state index in [0.717, 1.165) is 12.1 Å². The first kappa shape index (κ1) is 15.3. The first-order valence-corrected chi connectivity index (χ1v) is 6.17. The molecule has 0 aliphatic rings. The van der Waals surface area contributed by atoms with Crippen LogP contribution in [0.3, 0.4) is 0 Å². The summed E-state index contributed by atoms with van der Waals surface area (Å²) < 4.78 is 56.3. The molecule has 0 radical (unpaired) electrons. The maximum Gasteiger partial charge on any atom is 0.416 e. The molecule has 0 heterocycles. The van der Waals surface area contributed by atoms with E-state index in [1.807, 2.05) is 0 Å². The Morgan fingerprint density at radius 1 is 1.00 bits per heavy atom. The zero-order valence-electron chi connectivity index (χ0n) is 11.0. The van der Waals surface area contributed by atoms with Gasteiger partial charge >= 0.3 is 6.18 Å². The van der Waals surface area contributed by atoms with E-state index >= 15 is 0 Å². The van der Waals surface area contributed by atoms with E-state index in [1.54, 1.807) is 6.07 Å². The monoisotopic (exact) mass is 299 g/mol. The number of benzene rings is 2. The van der Waals surface area contributed by atoms with E-state index in [0.29, 0.717) is 11.1 Å². The van der Waals surface area contributed by atoms with Crippen LogP contribution in [0, 0.1) is 5.82 Å². The molecule has 2 N–H and O–H groups in total. The van der Waals surface area contributed by atoms with Gasteiger partial charge in [0.15, 0.2) is 0 Å². The Bertz CT molecular complexity index is 625. The van der Waals surface area contributed by atoms with Crippen molar-refractivity contribution in [2.24, 2.45) is 5.73 Å². The van der Waals surface area contributed by atoms with Crippen molar-refractivity contribution < 1.29 is 22.3 Å². The molecule has 0 aliphatic heterocycles. The van der Waals surface area contributed by atoms with Gasteiger partial charge in [0.2, 0.25) is 0 Å². The van der Waals surface area contributed by atoms with Crippen LogP contribution in [0.5, 0.6) is 5.75 Å². The standard InChI is InChI=1S/C15H13F4NO/c16-13-5-10(8-20)4-11(6-13)9-21-14-3-1-2-12(7-14)15(17,18)19/h1-7H,8-9,20H2. The van der Waals surface area contributed by atoms with Crippen molar-refractivity contribution in [1.29, 1.82) is 0 Å². The van der Waals surface area contributed by atoms with Crippen LogP contribution in [0.25, 0.3) is 0 Å². The SMILES string of the molecule is NCc1cc(F)cc(COc2cccc(C(F)(F)F)c2)c1. The lowest BCUT2D eigenvalue weighted by molar-refractivity contribution is -0.137. The predicted molar refractivity (Wildman–Crippen MR) is 70.1 cm³/mol. The molecule has 2 rings (SSSR count). The molecule has 0 atom stereocenters. The lowest BCUT2D eigenvalue weighted by Crippen LogP contribution is -2.05. The number of nitrogens with two attached hydrogens (primary N) is 1. The molecule has 112 valence electrons. The Balaban J connectivity index is 2.11. The van der Waals surface area contributed by atoms with Crippen LogP contribution < -0.4 is 10.5 Å². The summed E-state index contributed by atoms with van der Waals surface area (Å²) in [5.74, 6) is -0.385. The third kappa shape index (κ3) is 4.19. The van der Waals surface area contributed by atoms with Gasteiger partial charge in [0, 0.05) is 6.54 Å². The Morgan fingerprint density at radius 3 is 2.38 bits per heavy atom. The second-order valence-corrected chi connectivity index (χ2v) is 4.49. The van der Waals surface area contributed by atoms with Crippen LogP contribution in [0.15, 0.2) is 42.5 Å². The van der Waals surface area contributed by atoms with Crippen molar-refractivity contribution in [1.82, 2.24) is 0 Å². The summed E-state index contributed by atoms with van der Waals surface area (Å²) in [7, 11) is 0. The normalized spacial score (nSPS) is 11.5. The van der Waals surface area contributed by atoms with Gasteiger partial charge in [-0.25, -0.2) is 4.39 Å². The minimum atomic E-state index is -4.43. The molecule has 0 spiro atoms. The Kier molecular flexibility index (Phi) is 4.47. The fourth-order valence-electron chi connectivity index (χ4n) is 1.85. The molecule has 0 unspecified atom stereocenters. The highest BCUT2D eigenvalue weighted by molar-refractivity contribution is 5.31. The molecule has 6 heteroatoms. The van der Waals surface area contributed by atoms with Crippen molar-refractivity contribution in [2.75, 3.05) is 0 Å². The van der Waals surface area contributed by atoms with Gasteiger partial charge in [-0.3, -0.25) is 0 Å². The Hall–Kier alpha value is -2.08. The molecule has 0 aliphatic carbocycles. The van der Waals surface area contributed by atoms with E-state index in [4.69, 9.17) is 10.5 Å². The Labute approximate surface area is 119 Å². The van der Waals surface area contributed by atoms with Crippen LogP contribution in [-0.4, -0.2) is 0 Å². The first-order chi connectivity index (χ1) is 9.88. The highest BCUT2D eigenvalue weighted by Crippen LogP contribution is 2.31. The van der Waals surface area contributed by atoms with Gasteiger partial charge < -0.3 is 10.5 Å². The van der Waals surface area contributed by atoms with Crippen molar-refractivity contribution in [2.45, 2.75) is 19.3 Å². The van der Waals surface area contributed by atoms with Gasteiger partial charge in [0.05, 0.1) is 5.56 Å². The summed E-state index contributed by atoms with van der Waals surface area (Å²) in [6.45, 7) is 0.139. The Morgan fingerprint density at radius 2 is 1.71 bits per heavy atom. The van der Waals surface area contributed by atoms with E-state index in [1.165, 1.54) is 24.3 Å². The first-order valence-electron chi connectivity index (χ1n) is 6.17. The maximum absolute atomic E-state index is 13.3. The molecule has 0 bridgehead atoms. The average molecular weight is 299 g/mol. The number of rotatable bonds is 4. The number of alkyl halides is 3. The van der Waals surface area contributed by atoms with Crippen molar-refractivity contribution in [3.05, 3.63) is 65.0 Å². The maximum atomic E-state index is 13.3. The number of hydrogen-bond donors (Lipinski definition) is 1. The predicted octanol–water partition coefficient (Wildman–Crippen LogP) is 3.88. The third-order valence-corrected chi connectivity index (χ3v) is 2.82. The number of hydrogen-bond acceptors (Lipinski definition) is 2. The van der Waals surface area contributed by atoms with E-state index in [-0.39, 0.29) is 18.9 Å². The second-order valence-electron chi connectivity index (χ2n) is 4.49. The molecular formula is C15H13F4NO. The van der Waals surface area contributed by atoms with E-state index < -0.39 is 17.6 Å². The van der Waals surface area contributed by atoms with E-state index in [9.17, 15) is 17.6 Å². The summed E-state index contributed by atoms with van der Waals surface area (Å²) in [4.78, 5) is 0. The largest absolute Gasteiger partial charge is 0.489 e. The van der Waals surface area contributed by atoms with Gasteiger partial charge in [-0.2, -0.15) is 13.2 Å². The molecular weight excluding hydrogens is 286 g/mol. The highest BCUT2D eigenvalue weighted by Gasteiger charge is 2.30. The average Bonchev–Trinajstić information content (AvgIpc) is 2.44. The summed E-state index contributed by atoms with van der Waals surface area (Å²) in [6, 6.07) is 8.75. The second kappa shape index (κ2) is 6.13. The molecule has 0 amide bonds. The number of ether oxygens (including phenoxy) is 1. The van der Waals surface area contributed by atoms with Crippen molar-refractivity contribution in [3.63, 3.8) is 0 Å². The van der Waals surface area contributed by atoms with Crippen molar-refractivity contribution in [3.8, 4) is 5.75 Å². The summed E-state index contributed by atoms with van der Waals surface area (Å²) in [5.41, 5.74) is 5.74. The quantitative estimate of drug-likeness (QED) is 0.870. The molecule has 0 fully saturated rings. The zero-order valence-corrected chi connectivity index (χ0v) is 11.0. The van der Waals surface area contributed by atoms with Crippen LogP contribution in [0.2, 0.25) is 0 Å². The van der Waals surface area contributed by atoms with Crippen molar-refractivity contribution >= 4 is 0 Å².